The molecular formula is C23H20N2O2. The lowest BCUT2D eigenvalue weighted by molar-refractivity contribution is -0.115. The van der Waals surface area contributed by atoms with Gasteiger partial charge in [0.15, 0.2) is 0 Å². The Morgan fingerprint density at radius 2 is 1.19 bits per heavy atom. The zero-order valence-electron chi connectivity index (χ0n) is 14.7. The lowest BCUT2D eigenvalue weighted by Gasteiger charge is -2.19. The van der Waals surface area contributed by atoms with Crippen LogP contribution >= 0.6 is 0 Å². The number of carbonyl (C=O) groups excluding carboxylic acids is 2. The molecule has 0 aromatic heterocycles. The number of nitrogens with one attached hydrogen (secondary N) is 2. The van der Waals surface area contributed by atoms with Crippen LogP contribution < -0.4 is 10.6 Å². The van der Waals surface area contributed by atoms with Gasteiger partial charge in [-0.3, -0.25) is 10.1 Å². The highest BCUT2D eigenvalue weighted by Crippen LogP contribution is 2.21. The van der Waals surface area contributed by atoms with Gasteiger partial charge in [0.05, 0.1) is 6.04 Å². The summed E-state index contributed by atoms with van der Waals surface area (Å²) in [7, 11) is 0. The minimum atomic E-state index is -0.546. The third-order valence-corrected chi connectivity index (χ3v) is 4.00. The molecule has 0 atom stereocenters. The molecule has 0 aliphatic rings. The van der Waals surface area contributed by atoms with Gasteiger partial charge in [-0.25, -0.2) is 4.79 Å². The summed E-state index contributed by atoms with van der Waals surface area (Å²) in [5.74, 6) is -0.476. The van der Waals surface area contributed by atoms with Crippen molar-refractivity contribution in [3.05, 3.63) is 114 Å². The Kier molecular flexibility index (Phi) is 6.15. The third kappa shape index (κ3) is 5.41. The summed E-state index contributed by atoms with van der Waals surface area (Å²) in [4.78, 5) is 24.4. The van der Waals surface area contributed by atoms with Crippen molar-refractivity contribution in [2.45, 2.75) is 6.04 Å². The summed E-state index contributed by atoms with van der Waals surface area (Å²) in [5, 5.41) is 5.22. The summed E-state index contributed by atoms with van der Waals surface area (Å²) in [6.07, 6.45) is 3.00. The van der Waals surface area contributed by atoms with Crippen molar-refractivity contribution >= 4 is 18.0 Å². The van der Waals surface area contributed by atoms with Crippen LogP contribution in [0.4, 0.5) is 4.79 Å². The molecule has 0 bridgehead atoms. The summed E-state index contributed by atoms with van der Waals surface area (Å²) in [6.45, 7) is 0. The number of hydrogen-bond donors (Lipinski definition) is 2. The molecule has 0 unspecified atom stereocenters. The molecular weight excluding hydrogens is 336 g/mol. The second-order valence-electron chi connectivity index (χ2n) is 5.96. The molecule has 2 N–H and O–H groups in total. The molecule has 3 aromatic carbocycles. The average molecular weight is 356 g/mol. The van der Waals surface area contributed by atoms with Gasteiger partial charge in [-0.2, -0.15) is 0 Å². The molecule has 4 heteroatoms. The lowest BCUT2D eigenvalue weighted by atomic mass is 9.99. The van der Waals surface area contributed by atoms with Crippen molar-refractivity contribution in [3.63, 3.8) is 0 Å². The van der Waals surface area contributed by atoms with Crippen molar-refractivity contribution in [1.82, 2.24) is 10.6 Å². The minimum Gasteiger partial charge on any atom is -0.327 e. The lowest BCUT2D eigenvalue weighted by Crippen LogP contribution is -2.40. The van der Waals surface area contributed by atoms with E-state index < -0.39 is 11.9 Å². The number of carbonyl (C=O) groups is 2. The minimum absolute atomic E-state index is 0.349. The number of benzene rings is 3. The molecule has 3 rings (SSSR count). The van der Waals surface area contributed by atoms with Crippen LogP contribution in [-0.2, 0) is 4.79 Å². The maximum Gasteiger partial charge on any atom is 0.322 e. The van der Waals surface area contributed by atoms with Crippen LogP contribution in [0.1, 0.15) is 22.7 Å². The molecule has 0 heterocycles. The van der Waals surface area contributed by atoms with Gasteiger partial charge in [-0.05, 0) is 22.8 Å². The van der Waals surface area contributed by atoms with Crippen molar-refractivity contribution < 1.29 is 9.59 Å². The van der Waals surface area contributed by atoms with Gasteiger partial charge in [0, 0.05) is 6.08 Å². The van der Waals surface area contributed by atoms with Crippen molar-refractivity contribution in [2.24, 2.45) is 0 Å². The molecule has 27 heavy (non-hydrogen) atoms. The Hall–Kier alpha value is -3.66. The van der Waals surface area contributed by atoms with Crippen molar-refractivity contribution in [3.8, 4) is 0 Å². The SMILES string of the molecule is O=C(/C=C/c1ccccc1)NC(=O)NC(c1ccccc1)c1ccccc1. The van der Waals surface area contributed by atoms with Crippen LogP contribution in [-0.4, -0.2) is 11.9 Å². The normalized spacial score (nSPS) is 10.7. The molecule has 0 radical (unpaired) electrons. The predicted molar refractivity (Wildman–Crippen MR) is 107 cm³/mol. The van der Waals surface area contributed by atoms with E-state index in [9.17, 15) is 9.59 Å². The standard InChI is InChI=1S/C23H20N2O2/c26-21(17-16-18-10-4-1-5-11-18)24-23(27)25-22(19-12-6-2-7-13-19)20-14-8-3-9-15-20/h1-17,22H,(H2,24,25,26,27)/b17-16+. The van der Waals surface area contributed by atoms with Crippen LogP contribution in [0.15, 0.2) is 97.1 Å². The van der Waals surface area contributed by atoms with Crippen LogP contribution in [0.3, 0.4) is 0 Å². The highest BCUT2D eigenvalue weighted by molar-refractivity contribution is 6.02. The Balaban J connectivity index is 1.68. The van der Waals surface area contributed by atoms with Gasteiger partial charge in [0.2, 0.25) is 0 Å². The van der Waals surface area contributed by atoms with Gasteiger partial charge >= 0.3 is 6.03 Å². The van der Waals surface area contributed by atoms with Crippen LogP contribution in [0.25, 0.3) is 6.08 Å². The monoisotopic (exact) mass is 356 g/mol. The molecule has 3 amide bonds. The predicted octanol–water partition coefficient (Wildman–Crippen LogP) is 4.32. The highest BCUT2D eigenvalue weighted by atomic mass is 16.2. The Labute approximate surface area is 158 Å². The van der Waals surface area contributed by atoms with Gasteiger partial charge in [0.1, 0.15) is 0 Å². The molecule has 0 spiro atoms. The molecule has 0 saturated carbocycles. The van der Waals surface area contributed by atoms with E-state index in [1.54, 1.807) is 6.08 Å². The number of urea groups is 1. The van der Waals surface area contributed by atoms with E-state index in [0.717, 1.165) is 16.7 Å². The molecule has 134 valence electrons. The largest absolute Gasteiger partial charge is 0.327 e. The van der Waals surface area contributed by atoms with Crippen molar-refractivity contribution in [2.75, 3.05) is 0 Å². The van der Waals surface area contributed by atoms with E-state index in [2.05, 4.69) is 10.6 Å². The quantitative estimate of drug-likeness (QED) is 0.669. The summed E-state index contributed by atoms with van der Waals surface area (Å²) < 4.78 is 0. The first-order valence-electron chi connectivity index (χ1n) is 8.67. The van der Waals surface area contributed by atoms with E-state index in [4.69, 9.17) is 0 Å². The Morgan fingerprint density at radius 1 is 0.704 bits per heavy atom. The molecule has 3 aromatic rings. The van der Waals surface area contributed by atoms with E-state index in [-0.39, 0.29) is 6.04 Å². The first-order chi connectivity index (χ1) is 13.2. The Morgan fingerprint density at radius 3 is 1.70 bits per heavy atom. The zero-order valence-corrected chi connectivity index (χ0v) is 14.7. The maximum atomic E-state index is 12.3. The molecule has 0 aliphatic carbocycles. The van der Waals surface area contributed by atoms with Crippen molar-refractivity contribution in [1.29, 1.82) is 0 Å². The second kappa shape index (κ2) is 9.15. The fourth-order valence-corrected chi connectivity index (χ4v) is 2.71. The first-order valence-corrected chi connectivity index (χ1v) is 8.67. The van der Waals surface area contributed by atoms with Gasteiger partial charge in [-0.15, -0.1) is 0 Å². The molecule has 0 saturated heterocycles. The number of hydrogen-bond acceptors (Lipinski definition) is 2. The molecule has 0 aliphatic heterocycles. The average Bonchev–Trinajstić information content (AvgIpc) is 2.72. The van der Waals surface area contributed by atoms with Crippen LogP contribution in [0.5, 0.6) is 0 Å². The number of imide groups is 1. The highest BCUT2D eigenvalue weighted by Gasteiger charge is 2.17. The van der Waals surface area contributed by atoms with Crippen LogP contribution in [0, 0.1) is 0 Å². The van der Waals surface area contributed by atoms with E-state index in [1.807, 2.05) is 91.0 Å². The van der Waals surface area contributed by atoms with E-state index in [0.29, 0.717) is 0 Å². The third-order valence-electron chi connectivity index (χ3n) is 4.00. The molecule has 0 fully saturated rings. The smallest absolute Gasteiger partial charge is 0.322 e. The summed E-state index contributed by atoms with van der Waals surface area (Å²) >= 11 is 0. The zero-order chi connectivity index (χ0) is 18.9. The number of amides is 3. The fourth-order valence-electron chi connectivity index (χ4n) is 2.71. The number of rotatable bonds is 5. The van der Waals surface area contributed by atoms with Gasteiger partial charge in [0.25, 0.3) is 5.91 Å². The first kappa shape index (κ1) is 18.1. The summed E-state index contributed by atoms with van der Waals surface area (Å²) in [6, 6.07) is 27.8. The maximum absolute atomic E-state index is 12.3. The van der Waals surface area contributed by atoms with Gasteiger partial charge < -0.3 is 5.32 Å². The molecule has 4 nitrogen and oxygen atoms in total. The van der Waals surface area contributed by atoms with E-state index in [1.165, 1.54) is 6.08 Å². The van der Waals surface area contributed by atoms with Gasteiger partial charge in [-0.1, -0.05) is 91.0 Å². The fraction of sp³-hybridized carbons (Fsp3) is 0.0435. The summed E-state index contributed by atoms with van der Waals surface area (Å²) in [5.41, 5.74) is 2.76. The van der Waals surface area contributed by atoms with Crippen LogP contribution in [0.2, 0.25) is 0 Å². The second-order valence-corrected chi connectivity index (χ2v) is 5.96. The van der Waals surface area contributed by atoms with E-state index >= 15 is 0 Å². The topological polar surface area (TPSA) is 58.2 Å². The Bertz CT molecular complexity index is 867.